The molecule has 9 nitrogen and oxygen atoms in total. The largest absolute Gasteiger partial charge is 0.493 e. The van der Waals surface area contributed by atoms with Crippen LogP contribution in [-0.2, 0) is 4.74 Å². The third-order valence-electron chi connectivity index (χ3n) is 4.51. The maximum absolute atomic E-state index is 12.5. The Morgan fingerprint density at radius 1 is 1.32 bits per heavy atom. The van der Waals surface area contributed by atoms with Crippen molar-refractivity contribution in [1.29, 1.82) is 0 Å². The molecule has 1 fully saturated rings. The average molecular weight is 418 g/mol. The first-order valence-electron chi connectivity index (χ1n) is 9.04. The van der Waals surface area contributed by atoms with Crippen molar-refractivity contribution >= 4 is 24.0 Å². The van der Waals surface area contributed by atoms with E-state index in [0.717, 1.165) is 32.4 Å². The molecule has 1 saturated heterocycles. The molecule has 1 aliphatic rings. The summed E-state index contributed by atoms with van der Waals surface area (Å²) in [5, 5.41) is 17.5. The van der Waals surface area contributed by atoms with Crippen LogP contribution in [0, 0.1) is 16.0 Å². The number of rotatable bonds is 10. The first-order valence-corrected chi connectivity index (χ1v) is 9.04. The minimum absolute atomic E-state index is 0. The first kappa shape index (κ1) is 23.9. The fraction of sp³-hybridized carbons (Fsp3) is 0.611. The molecule has 0 spiro atoms. The monoisotopic (exact) mass is 417 g/mol. The molecule has 1 unspecified atom stereocenters. The van der Waals surface area contributed by atoms with Gasteiger partial charge in [0, 0.05) is 19.7 Å². The Hall–Kier alpha value is -2.10. The van der Waals surface area contributed by atoms with E-state index in [0.29, 0.717) is 19.1 Å². The van der Waals surface area contributed by atoms with Crippen LogP contribution in [0.2, 0.25) is 0 Å². The number of halogens is 1. The standard InChI is InChI=1S/C18H27N3O6.ClH/c1-25-8-9-27-17-11-15(21(23)24)14(10-16(17)26-2)18(22)20-7-5-13-4-3-6-19-12-13;/h10-11,13,19H,3-9,12H2,1-2H3,(H,20,22);1H. The highest BCUT2D eigenvalue weighted by molar-refractivity contribution is 5.99. The van der Waals surface area contributed by atoms with Crippen molar-refractivity contribution in [3.63, 3.8) is 0 Å². The Balaban J connectivity index is 0.00000392. The van der Waals surface area contributed by atoms with Crippen LogP contribution in [0.25, 0.3) is 0 Å². The van der Waals surface area contributed by atoms with Gasteiger partial charge < -0.3 is 24.8 Å². The molecule has 0 radical (unpaired) electrons. The van der Waals surface area contributed by atoms with Crippen molar-refractivity contribution < 1.29 is 23.9 Å². The fourth-order valence-electron chi connectivity index (χ4n) is 3.04. The van der Waals surface area contributed by atoms with Crippen LogP contribution in [0.1, 0.15) is 29.6 Å². The van der Waals surface area contributed by atoms with E-state index in [1.807, 2.05) is 0 Å². The zero-order chi connectivity index (χ0) is 19.6. The summed E-state index contributed by atoms with van der Waals surface area (Å²) in [7, 11) is 2.95. The lowest BCUT2D eigenvalue weighted by atomic mass is 9.96. The van der Waals surface area contributed by atoms with E-state index < -0.39 is 10.8 Å². The fourth-order valence-corrected chi connectivity index (χ4v) is 3.04. The summed E-state index contributed by atoms with van der Waals surface area (Å²) < 4.78 is 15.6. The predicted molar refractivity (Wildman–Crippen MR) is 107 cm³/mol. The predicted octanol–water partition coefficient (Wildman–Crippen LogP) is 2.17. The number of nitro groups is 1. The molecular formula is C18H28ClN3O6. The van der Waals surface area contributed by atoms with Crippen LogP contribution in [-0.4, -0.2) is 57.9 Å². The van der Waals surface area contributed by atoms with Crippen molar-refractivity contribution in [2.75, 3.05) is 47.1 Å². The minimum atomic E-state index is -0.595. The van der Waals surface area contributed by atoms with Gasteiger partial charge in [-0.3, -0.25) is 14.9 Å². The van der Waals surface area contributed by atoms with Crippen molar-refractivity contribution in [1.82, 2.24) is 10.6 Å². The molecule has 158 valence electrons. The molecule has 1 atom stereocenters. The lowest BCUT2D eigenvalue weighted by molar-refractivity contribution is -0.385. The molecule has 2 N–H and O–H groups in total. The SMILES string of the molecule is COCCOc1cc([N+](=O)[O-])c(C(=O)NCCC2CCCNC2)cc1OC.Cl. The van der Waals surface area contributed by atoms with Crippen LogP contribution in [0.3, 0.4) is 0 Å². The molecule has 0 bridgehead atoms. The van der Waals surface area contributed by atoms with Crippen LogP contribution < -0.4 is 20.1 Å². The summed E-state index contributed by atoms with van der Waals surface area (Å²) in [6.07, 6.45) is 3.10. The molecule has 0 aliphatic carbocycles. The van der Waals surface area contributed by atoms with Gasteiger partial charge >= 0.3 is 0 Å². The van der Waals surface area contributed by atoms with Crippen LogP contribution in [0.4, 0.5) is 5.69 Å². The second kappa shape index (κ2) is 12.4. The minimum Gasteiger partial charge on any atom is -0.493 e. The summed E-state index contributed by atoms with van der Waals surface area (Å²) in [6, 6.07) is 2.56. The number of hydrogen-bond donors (Lipinski definition) is 2. The normalized spacial score (nSPS) is 16.0. The molecule has 10 heteroatoms. The summed E-state index contributed by atoms with van der Waals surface area (Å²) in [6.45, 7) is 2.99. The van der Waals surface area contributed by atoms with Gasteiger partial charge in [-0.2, -0.15) is 0 Å². The molecule has 2 rings (SSSR count). The number of amides is 1. The van der Waals surface area contributed by atoms with Gasteiger partial charge in [0.05, 0.1) is 24.7 Å². The molecule has 1 aliphatic heterocycles. The van der Waals surface area contributed by atoms with Gasteiger partial charge in [-0.15, -0.1) is 12.4 Å². The summed E-state index contributed by atoms with van der Waals surface area (Å²) in [5.41, 5.74) is -0.363. The molecule has 0 saturated carbocycles. The topological polar surface area (TPSA) is 112 Å². The number of ether oxygens (including phenoxy) is 3. The van der Waals surface area contributed by atoms with Gasteiger partial charge in [0.25, 0.3) is 11.6 Å². The Kier molecular flexibility index (Phi) is 10.6. The number of benzene rings is 1. The van der Waals surface area contributed by atoms with E-state index in [2.05, 4.69) is 10.6 Å². The number of nitro benzene ring substituents is 1. The molecule has 1 aromatic rings. The van der Waals surface area contributed by atoms with Crippen molar-refractivity contribution in [3.05, 3.63) is 27.8 Å². The van der Waals surface area contributed by atoms with Gasteiger partial charge in [-0.1, -0.05) is 0 Å². The lowest BCUT2D eigenvalue weighted by Gasteiger charge is -2.22. The Morgan fingerprint density at radius 2 is 2.11 bits per heavy atom. The molecule has 1 aromatic carbocycles. The van der Waals surface area contributed by atoms with E-state index in [-0.39, 0.29) is 41.8 Å². The van der Waals surface area contributed by atoms with E-state index in [4.69, 9.17) is 14.2 Å². The highest BCUT2D eigenvalue weighted by atomic mass is 35.5. The molecule has 0 aromatic heterocycles. The molecule has 1 heterocycles. The number of carbonyl (C=O) groups excluding carboxylic acids is 1. The van der Waals surface area contributed by atoms with Gasteiger partial charge in [-0.05, 0) is 38.3 Å². The Bertz CT molecular complexity index is 652. The number of methoxy groups -OCH3 is 2. The highest BCUT2D eigenvalue weighted by Crippen LogP contribution is 2.34. The average Bonchev–Trinajstić information content (AvgIpc) is 2.68. The third-order valence-corrected chi connectivity index (χ3v) is 4.51. The van der Waals surface area contributed by atoms with Crippen molar-refractivity contribution in [2.45, 2.75) is 19.3 Å². The van der Waals surface area contributed by atoms with E-state index in [1.165, 1.54) is 26.4 Å². The quantitative estimate of drug-likeness (QED) is 0.341. The second-order valence-corrected chi connectivity index (χ2v) is 6.38. The summed E-state index contributed by atoms with van der Waals surface area (Å²) in [5.74, 6) is 0.483. The number of carbonyl (C=O) groups is 1. The molecule has 1 amide bonds. The van der Waals surface area contributed by atoms with Gasteiger partial charge in [0.1, 0.15) is 12.2 Å². The number of hydrogen-bond acceptors (Lipinski definition) is 7. The van der Waals surface area contributed by atoms with Crippen molar-refractivity contribution in [2.24, 2.45) is 5.92 Å². The van der Waals surface area contributed by atoms with E-state index in [9.17, 15) is 14.9 Å². The van der Waals surface area contributed by atoms with Gasteiger partial charge in [-0.25, -0.2) is 0 Å². The maximum atomic E-state index is 12.5. The Morgan fingerprint density at radius 3 is 2.71 bits per heavy atom. The molecule has 28 heavy (non-hydrogen) atoms. The zero-order valence-corrected chi connectivity index (χ0v) is 17.0. The van der Waals surface area contributed by atoms with E-state index >= 15 is 0 Å². The second-order valence-electron chi connectivity index (χ2n) is 6.38. The lowest BCUT2D eigenvalue weighted by Crippen LogP contribution is -2.33. The van der Waals surface area contributed by atoms with Crippen molar-refractivity contribution in [3.8, 4) is 11.5 Å². The summed E-state index contributed by atoms with van der Waals surface area (Å²) >= 11 is 0. The molecular weight excluding hydrogens is 390 g/mol. The number of nitrogens with zero attached hydrogens (tertiary/aromatic N) is 1. The number of piperidine rings is 1. The van der Waals surface area contributed by atoms with E-state index in [1.54, 1.807) is 0 Å². The van der Waals surface area contributed by atoms with Gasteiger partial charge in [0.15, 0.2) is 11.5 Å². The third kappa shape index (κ3) is 6.81. The zero-order valence-electron chi connectivity index (χ0n) is 16.2. The summed E-state index contributed by atoms with van der Waals surface area (Å²) in [4.78, 5) is 23.3. The maximum Gasteiger partial charge on any atom is 0.286 e. The first-order chi connectivity index (χ1) is 13.1. The highest BCUT2D eigenvalue weighted by Gasteiger charge is 2.25. The smallest absolute Gasteiger partial charge is 0.286 e. The van der Waals surface area contributed by atoms with Crippen LogP contribution >= 0.6 is 12.4 Å². The van der Waals surface area contributed by atoms with Crippen LogP contribution in [0.15, 0.2) is 12.1 Å². The van der Waals surface area contributed by atoms with Crippen LogP contribution in [0.5, 0.6) is 11.5 Å². The Labute approximate surface area is 170 Å². The number of nitrogens with one attached hydrogen (secondary N) is 2. The van der Waals surface area contributed by atoms with Gasteiger partial charge in [0.2, 0.25) is 0 Å².